The van der Waals surface area contributed by atoms with Crippen molar-refractivity contribution in [1.29, 1.82) is 0 Å². The molecule has 0 spiro atoms. The van der Waals surface area contributed by atoms with E-state index in [0.717, 1.165) is 21.8 Å². The minimum Gasteiger partial charge on any atom is -0.386 e. The van der Waals surface area contributed by atoms with Crippen LogP contribution in [0.2, 0.25) is 0 Å². The van der Waals surface area contributed by atoms with Crippen LogP contribution in [-0.2, 0) is 13.0 Å². The largest absolute Gasteiger partial charge is 0.386 e. The first kappa shape index (κ1) is 20.8. The second-order valence-electron chi connectivity index (χ2n) is 7.32. The van der Waals surface area contributed by atoms with E-state index in [4.69, 9.17) is 0 Å². The lowest BCUT2D eigenvalue weighted by Crippen LogP contribution is -2.28. The van der Waals surface area contributed by atoms with Crippen LogP contribution in [0.5, 0.6) is 0 Å². The van der Waals surface area contributed by atoms with Gasteiger partial charge in [-0.25, -0.2) is 9.67 Å². The fraction of sp³-hybridized carbons (Fsp3) is 0.227. The van der Waals surface area contributed by atoms with E-state index in [1.165, 1.54) is 16.0 Å². The van der Waals surface area contributed by atoms with Gasteiger partial charge in [0.15, 0.2) is 0 Å². The molecule has 1 N–H and O–H groups in total. The number of fused-ring (bicyclic) bond motifs is 1. The molecule has 31 heavy (non-hydrogen) atoms. The molecule has 158 valence electrons. The van der Waals surface area contributed by atoms with Gasteiger partial charge < -0.3 is 5.11 Å². The molecule has 0 amide bonds. The average Bonchev–Trinajstić information content (AvgIpc) is 3.20. The van der Waals surface area contributed by atoms with Gasteiger partial charge >= 0.3 is 0 Å². The number of rotatable bonds is 7. The molecule has 0 radical (unpaired) electrons. The van der Waals surface area contributed by atoms with Crippen molar-refractivity contribution in [2.75, 3.05) is 6.54 Å². The number of hydrogen-bond acceptors (Lipinski definition) is 7. The zero-order valence-corrected chi connectivity index (χ0v) is 17.6. The molecule has 0 aliphatic carbocycles. The van der Waals surface area contributed by atoms with Crippen molar-refractivity contribution in [2.45, 2.75) is 26.0 Å². The minimum absolute atomic E-state index is 0.0196. The van der Waals surface area contributed by atoms with Crippen LogP contribution in [0.3, 0.4) is 0 Å². The summed E-state index contributed by atoms with van der Waals surface area (Å²) in [4.78, 5) is 27.8. The smallest absolute Gasteiger partial charge is 0.275 e. The number of thiazole rings is 1. The van der Waals surface area contributed by atoms with Crippen molar-refractivity contribution in [2.24, 2.45) is 0 Å². The summed E-state index contributed by atoms with van der Waals surface area (Å²) in [6.45, 7) is 1.62. The van der Waals surface area contributed by atoms with E-state index in [1.807, 2.05) is 36.6 Å². The Morgan fingerprint density at radius 1 is 1.16 bits per heavy atom. The van der Waals surface area contributed by atoms with Crippen LogP contribution in [-0.4, -0.2) is 37.4 Å². The van der Waals surface area contributed by atoms with Gasteiger partial charge in [-0.3, -0.25) is 14.9 Å². The number of benzene rings is 2. The lowest BCUT2D eigenvalue weighted by atomic mass is 10.1. The molecule has 0 saturated heterocycles. The molecule has 0 bridgehead atoms. The average molecular weight is 436 g/mol. The SMILES string of the molecule is Cc1ccc(-c2csc(Cn3nc(CC(O)C[N+](=O)[O-])c4ccccc4c3=O)n2)cc1. The van der Waals surface area contributed by atoms with Crippen LogP contribution < -0.4 is 5.56 Å². The topological polar surface area (TPSA) is 111 Å². The first-order valence-electron chi connectivity index (χ1n) is 9.71. The standard InChI is InChI=1S/C22H20N4O4S/c1-14-6-8-15(9-7-14)20-13-31-21(23-20)12-25-22(28)18-5-3-2-4-17(18)19(24-25)10-16(27)11-26(29)30/h2-9,13,16,27H,10-12H2,1H3. The summed E-state index contributed by atoms with van der Waals surface area (Å²) in [6, 6.07) is 15.0. The highest BCUT2D eigenvalue weighted by Crippen LogP contribution is 2.23. The van der Waals surface area contributed by atoms with Crippen LogP contribution in [0.15, 0.2) is 58.7 Å². The van der Waals surface area contributed by atoms with E-state index in [2.05, 4.69) is 10.1 Å². The first-order valence-corrected chi connectivity index (χ1v) is 10.6. The Kier molecular flexibility index (Phi) is 5.88. The maximum absolute atomic E-state index is 13.0. The quantitative estimate of drug-likeness (QED) is 0.352. The summed E-state index contributed by atoms with van der Waals surface area (Å²) < 4.78 is 1.31. The van der Waals surface area contributed by atoms with Gasteiger partial charge in [-0.1, -0.05) is 48.0 Å². The minimum atomic E-state index is -1.19. The fourth-order valence-corrected chi connectivity index (χ4v) is 4.18. The van der Waals surface area contributed by atoms with Gasteiger partial charge in [0.05, 0.1) is 23.3 Å². The summed E-state index contributed by atoms with van der Waals surface area (Å²) in [5.74, 6) is 0. The highest BCUT2D eigenvalue weighted by molar-refractivity contribution is 7.09. The highest BCUT2D eigenvalue weighted by Gasteiger charge is 2.18. The molecule has 0 aliphatic heterocycles. The van der Waals surface area contributed by atoms with Gasteiger partial charge in [-0.05, 0) is 13.0 Å². The molecule has 2 heterocycles. The molecule has 0 aliphatic rings. The molecule has 4 rings (SSSR count). The van der Waals surface area contributed by atoms with Crippen LogP contribution in [0.25, 0.3) is 22.0 Å². The van der Waals surface area contributed by atoms with Gasteiger partial charge in [0.25, 0.3) is 5.56 Å². The van der Waals surface area contributed by atoms with Crippen LogP contribution >= 0.6 is 11.3 Å². The van der Waals surface area contributed by atoms with Crippen molar-refractivity contribution in [3.63, 3.8) is 0 Å². The monoisotopic (exact) mass is 436 g/mol. The summed E-state index contributed by atoms with van der Waals surface area (Å²) in [6.07, 6.45) is -1.21. The molecular formula is C22H20N4O4S. The van der Waals surface area contributed by atoms with Crippen molar-refractivity contribution < 1.29 is 10.0 Å². The Balaban J connectivity index is 1.68. The van der Waals surface area contributed by atoms with Gasteiger partial charge in [0.2, 0.25) is 6.54 Å². The zero-order chi connectivity index (χ0) is 22.0. The molecule has 2 aromatic carbocycles. The maximum Gasteiger partial charge on any atom is 0.275 e. The predicted octanol–water partition coefficient (Wildman–Crippen LogP) is 3.06. The molecule has 1 unspecified atom stereocenters. The number of hydrogen-bond donors (Lipinski definition) is 1. The molecule has 2 aromatic heterocycles. The number of aliphatic hydroxyl groups is 1. The fourth-order valence-electron chi connectivity index (χ4n) is 3.39. The predicted molar refractivity (Wildman–Crippen MR) is 119 cm³/mol. The Hall–Kier alpha value is -3.43. The van der Waals surface area contributed by atoms with Gasteiger partial charge in [0.1, 0.15) is 11.1 Å². The Labute approximate surface area is 181 Å². The Bertz CT molecular complexity index is 1300. The van der Waals surface area contributed by atoms with Crippen molar-refractivity contribution in [3.05, 3.63) is 90.6 Å². The van der Waals surface area contributed by atoms with Gasteiger partial charge in [0, 0.05) is 27.7 Å². The third kappa shape index (κ3) is 4.68. The maximum atomic E-state index is 13.0. The first-order chi connectivity index (χ1) is 14.9. The molecule has 4 aromatic rings. The van der Waals surface area contributed by atoms with Crippen molar-refractivity contribution >= 4 is 22.1 Å². The number of aryl methyl sites for hydroxylation is 1. The van der Waals surface area contributed by atoms with Crippen LogP contribution in [0, 0.1) is 17.0 Å². The van der Waals surface area contributed by atoms with E-state index >= 15 is 0 Å². The third-order valence-corrected chi connectivity index (χ3v) is 5.75. The number of nitro groups is 1. The number of aromatic nitrogens is 3. The Morgan fingerprint density at radius 3 is 2.58 bits per heavy atom. The highest BCUT2D eigenvalue weighted by atomic mass is 32.1. The van der Waals surface area contributed by atoms with Crippen LogP contribution in [0.4, 0.5) is 0 Å². The van der Waals surface area contributed by atoms with E-state index in [-0.39, 0.29) is 18.5 Å². The second kappa shape index (κ2) is 8.75. The van der Waals surface area contributed by atoms with Crippen molar-refractivity contribution in [3.8, 4) is 11.3 Å². The van der Waals surface area contributed by atoms with E-state index in [1.54, 1.807) is 24.3 Å². The van der Waals surface area contributed by atoms with Gasteiger partial charge in [-0.2, -0.15) is 5.10 Å². The summed E-state index contributed by atoms with van der Waals surface area (Å²) in [5.41, 5.74) is 3.17. The lowest BCUT2D eigenvalue weighted by Gasteiger charge is -2.12. The lowest BCUT2D eigenvalue weighted by molar-refractivity contribution is -0.490. The normalized spacial score (nSPS) is 12.2. The molecular weight excluding hydrogens is 416 g/mol. The van der Waals surface area contributed by atoms with E-state index in [9.17, 15) is 20.0 Å². The molecule has 9 heteroatoms. The zero-order valence-electron chi connectivity index (χ0n) is 16.8. The molecule has 8 nitrogen and oxygen atoms in total. The summed E-state index contributed by atoms with van der Waals surface area (Å²) in [7, 11) is 0. The molecule has 1 atom stereocenters. The van der Waals surface area contributed by atoms with Crippen molar-refractivity contribution in [1.82, 2.24) is 14.8 Å². The molecule has 0 saturated carbocycles. The summed E-state index contributed by atoms with van der Waals surface area (Å²) >= 11 is 1.44. The van der Waals surface area contributed by atoms with E-state index < -0.39 is 17.6 Å². The summed E-state index contributed by atoms with van der Waals surface area (Å²) in [5, 5.41) is 28.9. The molecule has 0 fully saturated rings. The second-order valence-corrected chi connectivity index (χ2v) is 8.26. The van der Waals surface area contributed by atoms with Crippen LogP contribution in [0.1, 0.15) is 16.3 Å². The number of aliphatic hydroxyl groups excluding tert-OH is 1. The third-order valence-electron chi connectivity index (χ3n) is 4.92. The van der Waals surface area contributed by atoms with E-state index in [0.29, 0.717) is 16.5 Å². The van der Waals surface area contributed by atoms with Gasteiger partial charge in [-0.15, -0.1) is 11.3 Å². The number of nitrogens with zero attached hydrogens (tertiary/aromatic N) is 4. The Morgan fingerprint density at radius 2 is 1.87 bits per heavy atom.